The van der Waals surface area contributed by atoms with Gasteiger partial charge in [0.05, 0.1) is 21.1 Å². The van der Waals surface area contributed by atoms with E-state index in [1.807, 2.05) is 0 Å². The van der Waals surface area contributed by atoms with Crippen LogP contribution < -0.4 is 5.32 Å². The molecule has 0 radical (unpaired) electrons. The van der Waals surface area contributed by atoms with Gasteiger partial charge in [0.25, 0.3) is 5.91 Å². The van der Waals surface area contributed by atoms with Crippen LogP contribution >= 0.6 is 11.3 Å². The van der Waals surface area contributed by atoms with Crippen molar-refractivity contribution >= 4 is 33.3 Å². The number of aromatic nitrogens is 3. The highest BCUT2D eigenvalue weighted by Crippen LogP contribution is 2.40. The number of nitrogens with zero attached hydrogens (tertiary/aromatic N) is 3. The van der Waals surface area contributed by atoms with Gasteiger partial charge in [-0.2, -0.15) is 13.2 Å². The van der Waals surface area contributed by atoms with Crippen LogP contribution in [0.4, 0.5) is 18.9 Å². The Bertz CT molecular complexity index is 1200. The first-order valence-electron chi connectivity index (χ1n) is 11.0. The maximum atomic E-state index is 13.0. The lowest BCUT2D eigenvalue weighted by Crippen LogP contribution is -2.23. The Morgan fingerprint density at radius 1 is 1.15 bits per heavy atom. The fraction of sp³-hybridized carbons (Fsp3) is 0.478. The van der Waals surface area contributed by atoms with Gasteiger partial charge < -0.3 is 15.5 Å². The van der Waals surface area contributed by atoms with Gasteiger partial charge in [-0.05, 0) is 63.6 Å². The molecule has 4 rings (SSSR count). The minimum Gasteiger partial charge on any atom is -0.396 e. The standard InChI is InChI=1S/C23H25F3N4O3S/c1-22(2,33)18-15(28-20(32)14-4-3-5-17(27-14)23(24,25)26)10-16-19(29-18)30-21(34-16)13-8-6-12(11-31)7-9-13/h3-5,10,12-13,31,33H,6-9,11H2,1-2H3,(H,28,32)/t12-,13-. The lowest BCUT2D eigenvalue weighted by atomic mass is 9.83. The van der Waals surface area contributed by atoms with Crippen LogP contribution in [-0.4, -0.2) is 37.7 Å². The van der Waals surface area contributed by atoms with E-state index in [0.717, 1.165) is 42.8 Å². The number of carbonyl (C=O) groups is 1. The molecule has 0 aliphatic heterocycles. The van der Waals surface area contributed by atoms with E-state index in [4.69, 9.17) is 0 Å². The molecule has 3 N–H and O–H groups in total. The summed E-state index contributed by atoms with van der Waals surface area (Å²) >= 11 is 1.44. The molecule has 3 aromatic heterocycles. The van der Waals surface area contributed by atoms with Crippen molar-refractivity contribution in [2.75, 3.05) is 11.9 Å². The van der Waals surface area contributed by atoms with Crippen molar-refractivity contribution in [2.45, 2.75) is 57.2 Å². The Kier molecular flexibility index (Phi) is 6.63. The number of hydrogen-bond donors (Lipinski definition) is 3. The maximum Gasteiger partial charge on any atom is 0.433 e. The van der Waals surface area contributed by atoms with Gasteiger partial charge in [-0.15, -0.1) is 11.3 Å². The molecular formula is C23H25F3N4O3S. The molecular weight excluding hydrogens is 469 g/mol. The summed E-state index contributed by atoms with van der Waals surface area (Å²) in [7, 11) is 0. The average Bonchev–Trinajstić information content (AvgIpc) is 3.20. The van der Waals surface area contributed by atoms with Crippen LogP contribution in [0.1, 0.15) is 72.3 Å². The Labute approximate surface area is 198 Å². The Morgan fingerprint density at radius 2 is 1.85 bits per heavy atom. The van der Waals surface area contributed by atoms with Gasteiger partial charge in [-0.25, -0.2) is 15.0 Å². The van der Waals surface area contributed by atoms with Crippen molar-refractivity contribution in [3.05, 3.63) is 46.4 Å². The minimum atomic E-state index is -4.68. The first-order valence-corrected chi connectivity index (χ1v) is 11.8. The molecule has 1 aliphatic rings. The second kappa shape index (κ2) is 9.20. The normalized spacial score (nSPS) is 19.4. The predicted octanol–water partition coefficient (Wildman–Crippen LogP) is 4.85. The van der Waals surface area contributed by atoms with Gasteiger partial charge in [-0.3, -0.25) is 4.79 Å². The topological polar surface area (TPSA) is 108 Å². The second-order valence-electron chi connectivity index (χ2n) is 9.08. The number of anilines is 1. The maximum absolute atomic E-state index is 13.0. The van der Waals surface area contributed by atoms with Crippen molar-refractivity contribution in [1.29, 1.82) is 0 Å². The number of aliphatic hydroxyl groups excluding tert-OH is 1. The summed E-state index contributed by atoms with van der Waals surface area (Å²) in [4.78, 5) is 25.3. The molecule has 11 heteroatoms. The van der Waals surface area contributed by atoms with Gasteiger partial charge in [0, 0.05) is 12.5 Å². The molecule has 0 saturated heterocycles. The zero-order valence-corrected chi connectivity index (χ0v) is 19.5. The summed E-state index contributed by atoms with van der Waals surface area (Å²) in [6.07, 6.45) is -1.01. The lowest BCUT2D eigenvalue weighted by molar-refractivity contribution is -0.141. The summed E-state index contributed by atoms with van der Waals surface area (Å²) in [5, 5.41) is 23.5. The quantitative estimate of drug-likeness (QED) is 0.468. The molecule has 0 spiro atoms. The number of pyridine rings is 2. The third-order valence-electron chi connectivity index (χ3n) is 5.95. The summed E-state index contributed by atoms with van der Waals surface area (Å²) in [6.45, 7) is 3.19. The molecule has 1 saturated carbocycles. The number of halogens is 3. The molecule has 0 atom stereocenters. The SMILES string of the molecule is CC(C)(O)c1nc2nc([C@H]3CC[C@H](CO)CC3)sc2cc1NC(=O)c1cccc(C(F)(F)F)n1. The summed E-state index contributed by atoms with van der Waals surface area (Å²) in [5.41, 5.74) is -2.23. The zero-order valence-electron chi connectivity index (χ0n) is 18.7. The molecule has 34 heavy (non-hydrogen) atoms. The van der Waals surface area contributed by atoms with Crippen LogP contribution in [0.5, 0.6) is 0 Å². The molecule has 3 aromatic rings. The van der Waals surface area contributed by atoms with E-state index in [-0.39, 0.29) is 23.9 Å². The highest BCUT2D eigenvalue weighted by molar-refractivity contribution is 7.18. The number of rotatable bonds is 5. The molecule has 1 amide bonds. The number of hydrogen-bond acceptors (Lipinski definition) is 7. The molecule has 3 heterocycles. The number of thiazole rings is 1. The fourth-order valence-electron chi connectivity index (χ4n) is 4.11. The van der Waals surface area contributed by atoms with Gasteiger partial charge in [0.1, 0.15) is 17.0 Å². The smallest absolute Gasteiger partial charge is 0.396 e. The van der Waals surface area contributed by atoms with Gasteiger partial charge >= 0.3 is 6.18 Å². The minimum absolute atomic E-state index is 0.154. The number of amides is 1. The zero-order chi connectivity index (χ0) is 24.7. The highest BCUT2D eigenvalue weighted by atomic mass is 32.1. The van der Waals surface area contributed by atoms with Crippen molar-refractivity contribution in [1.82, 2.24) is 15.0 Å². The highest BCUT2D eigenvalue weighted by Gasteiger charge is 2.33. The number of aliphatic hydroxyl groups is 2. The first kappa shape index (κ1) is 24.5. The fourth-order valence-corrected chi connectivity index (χ4v) is 5.23. The largest absolute Gasteiger partial charge is 0.433 e. The molecule has 0 bridgehead atoms. The third kappa shape index (κ3) is 5.21. The molecule has 1 fully saturated rings. The first-order chi connectivity index (χ1) is 16.0. The average molecular weight is 495 g/mol. The van der Waals surface area contributed by atoms with Crippen molar-refractivity contribution < 1.29 is 28.2 Å². The molecule has 0 unspecified atom stereocenters. The molecule has 0 aromatic carbocycles. The summed E-state index contributed by atoms with van der Waals surface area (Å²) < 4.78 is 39.7. The lowest BCUT2D eigenvalue weighted by Gasteiger charge is -2.25. The van der Waals surface area contributed by atoms with E-state index in [9.17, 15) is 28.2 Å². The van der Waals surface area contributed by atoms with Crippen LogP contribution in [0, 0.1) is 5.92 Å². The Morgan fingerprint density at radius 3 is 2.47 bits per heavy atom. The van der Waals surface area contributed by atoms with E-state index in [1.54, 1.807) is 6.07 Å². The number of nitrogens with one attached hydrogen (secondary N) is 1. The Balaban J connectivity index is 1.66. The molecule has 7 nitrogen and oxygen atoms in total. The van der Waals surface area contributed by atoms with Crippen LogP contribution in [0.3, 0.4) is 0 Å². The van der Waals surface area contributed by atoms with Crippen molar-refractivity contribution in [3.63, 3.8) is 0 Å². The number of carbonyl (C=O) groups excluding carboxylic acids is 1. The van der Waals surface area contributed by atoms with Crippen LogP contribution in [0.15, 0.2) is 24.3 Å². The van der Waals surface area contributed by atoms with Crippen LogP contribution in [0.25, 0.3) is 10.3 Å². The third-order valence-corrected chi connectivity index (χ3v) is 7.11. The van der Waals surface area contributed by atoms with Crippen molar-refractivity contribution in [3.8, 4) is 0 Å². The molecule has 182 valence electrons. The van der Waals surface area contributed by atoms with E-state index in [2.05, 4.69) is 20.3 Å². The number of alkyl halides is 3. The van der Waals surface area contributed by atoms with E-state index in [0.29, 0.717) is 16.3 Å². The predicted molar refractivity (Wildman–Crippen MR) is 122 cm³/mol. The van der Waals surface area contributed by atoms with Gasteiger partial charge in [0.2, 0.25) is 0 Å². The van der Waals surface area contributed by atoms with E-state index < -0.39 is 29.1 Å². The number of fused-ring (bicyclic) bond motifs is 1. The van der Waals surface area contributed by atoms with E-state index >= 15 is 0 Å². The monoisotopic (exact) mass is 494 g/mol. The van der Waals surface area contributed by atoms with Gasteiger partial charge in [0.15, 0.2) is 5.65 Å². The van der Waals surface area contributed by atoms with Crippen LogP contribution in [-0.2, 0) is 11.8 Å². The molecule has 1 aliphatic carbocycles. The second-order valence-corrected chi connectivity index (χ2v) is 10.1. The van der Waals surface area contributed by atoms with Crippen LogP contribution in [0.2, 0.25) is 0 Å². The van der Waals surface area contributed by atoms with Gasteiger partial charge in [-0.1, -0.05) is 6.07 Å². The Hall–Kier alpha value is -2.63. The van der Waals surface area contributed by atoms with Crippen molar-refractivity contribution in [2.24, 2.45) is 5.92 Å². The summed E-state index contributed by atoms with van der Waals surface area (Å²) in [6, 6.07) is 4.74. The summed E-state index contributed by atoms with van der Waals surface area (Å²) in [5.74, 6) is -0.276. The van der Waals surface area contributed by atoms with E-state index in [1.165, 1.54) is 31.3 Å².